The Labute approximate surface area is 96.6 Å². The molecule has 1 saturated carbocycles. The Hall–Kier alpha value is -1.16. The van der Waals surface area contributed by atoms with Gasteiger partial charge in [-0.05, 0) is 19.3 Å². The van der Waals surface area contributed by atoms with Crippen molar-refractivity contribution in [2.24, 2.45) is 0 Å². The highest BCUT2D eigenvalue weighted by molar-refractivity contribution is 6.23. The SMILES string of the molecule is CC/C(NCCOC)=C1/C(=N)CCCC1=O. The average molecular weight is 224 g/mol. The second kappa shape index (κ2) is 6.43. The summed E-state index contributed by atoms with van der Waals surface area (Å²) in [6.07, 6.45) is 2.87. The maximum Gasteiger partial charge on any atom is 0.166 e. The number of Topliss-reactive ketones (excluding diaryl/α,β-unsaturated/α-hetero) is 1. The van der Waals surface area contributed by atoms with E-state index in [-0.39, 0.29) is 5.78 Å². The summed E-state index contributed by atoms with van der Waals surface area (Å²) in [6, 6.07) is 0. The number of rotatable bonds is 5. The van der Waals surface area contributed by atoms with Crippen LogP contribution in [0.2, 0.25) is 0 Å². The van der Waals surface area contributed by atoms with Crippen LogP contribution in [0.4, 0.5) is 0 Å². The highest BCUT2D eigenvalue weighted by Gasteiger charge is 2.23. The van der Waals surface area contributed by atoms with Crippen LogP contribution in [-0.2, 0) is 9.53 Å². The Morgan fingerprint density at radius 3 is 2.81 bits per heavy atom. The van der Waals surface area contributed by atoms with Crippen molar-refractivity contribution in [2.75, 3.05) is 20.3 Å². The summed E-state index contributed by atoms with van der Waals surface area (Å²) in [5, 5.41) is 11.0. The molecule has 2 N–H and O–H groups in total. The largest absolute Gasteiger partial charge is 0.385 e. The number of carbonyl (C=O) groups is 1. The molecule has 0 heterocycles. The molecule has 0 atom stereocenters. The molecule has 16 heavy (non-hydrogen) atoms. The van der Waals surface area contributed by atoms with E-state index in [9.17, 15) is 4.79 Å². The van der Waals surface area contributed by atoms with Crippen LogP contribution in [0.25, 0.3) is 0 Å². The number of nitrogens with one attached hydrogen (secondary N) is 2. The van der Waals surface area contributed by atoms with E-state index >= 15 is 0 Å². The Morgan fingerprint density at radius 2 is 2.25 bits per heavy atom. The van der Waals surface area contributed by atoms with Crippen LogP contribution >= 0.6 is 0 Å². The third kappa shape index (κ3) is 3.17. The van der Waals surface area contributed by atoms with E-state index in [1.54, 1.807) is 7.11 Å². The molecule has 1 aliphatic rings. The average Bonchev–Trinajstić information content (AvgIpc) is 2.26. The predicted octanol–water partition coefficient (Wildman–Crippen LogP) is 1.66. The lowest BCUT2D eigenvalue weighted by molar-refractivity contribution is -0.115. The second-order valence-electron chi connectivity index (χ2n) is 3.88. The highest BCUT2D eigenvalue weighted by atomic mass is 16.5. The number of hydrogen-bond acceptors (Lipinski definition) is 4. The third-order valence-electron chi connectivity index (χ3n) is 2.71. The first-order valence-corrected chi connectivity index (χ1v) is 5.77. The van der Waals surface area contributed by atoms with Crippen LogP contribution in [0.1, 0.15) is 32.6 Å². The van der Waals surface area contributed by atoms with Gasteiger partial charge in [-0.25, -0.2) is 0 Å². The van der Waals surface area contributed by atoms with Gasteiger partial charge in [0, 0.05) is 31.5 Å². The summed E-state index contributed by atoms with van der Waals surface area (Å²) in [7, 11) is 1.65. The zero-order chi connectivity index (χ0) is 12.0. The first-order valence-electron chi connectivity index (χ1n) is 5.77. The van der Waals surface area contributed by atoms with Gasteiger partial charge in [0.05, 0.1) is 12.2 Å². The van der Waals surface area contributed by atoms with Gasteiger partial charge in [0.1, 0.15) is 0 Å². The van der Waals surface area contributed by atoms with Gasteiger partial charge in [-0.2, -0.15) is 0 Å². The molecule has 1 fully saturated rings. The molecule has 0 aromatic carbocycles. The summed E-state index contributed by atoms with van der Waals surface area (Å²) in [5.41, 5.74) is 2.00. The van der Waals surface area contributed by atoms with Crippen molar-refractivity contribution in [3.8, 4) is 0 Å². The molecule has 0 saturated heterocycles. The smallest absolute Gasteiger partial charge is 0.166 e. The molecular formula is C12H20N2O2. The van der Waals surface area contributed by atoms with E-state index in [1.807, 2.05) is 6.92 Å². The minimum absolute atomic E-state index is 0.109. The lowest BCUT2D eigenvalue weighted by Gasteiger charge is -2.19. The monoisotopic (exact) mass is 224 g/mol. The van der Waals surface area contributed by atoms with E-state index in [2.05, 4.69) is 5.32 Å². The molecule has 0 unspecified atom stereocenters. The Balaban J connectivity index is 2.78. The summed E-state index contributed by atoms with van der Waals surface area (Å²) >= 11 is 0. The Morgan fingerprint density at radius 1 is 1.50 bits per heavy atom. The molecule has 0 aromatic rings. The van der Waals surface area contributed by atoms with Crippen LogP contribution in [0.5, 0.6) is 0 Å². The van der Waals surface area contributed by atoms with Crippen LogP contribution in [-0.4, -0.2) is 31.8 Å². The number of ether oxygens (including phenoxy) is 1. The number of allylic oxidation sites excluding steroid dienone is 2. The fourth-order valence-corrected chi connectivity index (χ4v) is 1.89. The summed E-state index contributed by atoms with van der Waals surface area (Å²) < 4.78 is 4.95. The lowest BCUT2D eigenvalue weighted by atomic mass is 9.89. The van der Waals surface area contributed by atoms with Crippen molar-refractivity contribution >= 4 is 11.5 Å². The fourth-order valence-electron chi connectivity index (χ4n) is 1.89. The van der Waals surface area contributed by atoms with Crippen LogP contribution in [0, 0.1) is 5.41 Å². The van der Waals surface area contributed by atoms with E-state index in [0.717, 1.165) is 25.0 Å². The van der Waals surface area contributed by atoms with Gasteiger partial charge in [0.25, 0.3) is 0 Å². The Bertz CT molecular complexity index is 290. The van der Waals surface area contributed by atoms with Gasteiger partial charge in [-0.3, -0.25) is 4.79 Å². The number of hydrogen-bond donors (Lipinski definition) is 2. The minimum Gasteiger partial charge on any atom is -0.385 e. The van der Waals surface area contributed by atoms with Gasteiger partial charge >= 0.3 is 0 Å². The van der Waals surface area contributed by atoms with Gasteiger partial charge in [-0.15, -0.1) is 0 Å². The van der Waals surface area contributed by atoms with Crippen LogP contribution < -0.4 is 5.32 Å². The van der Waals surface area contributed by atoms with E-state index in [4.69, 9.17) is 10.1 Å². The van der Waals surface area contributed by atoms with E-state index in [1.165, 1.54) is 0 Å². The van der Waals surface area contributed by atoms with Gasteiger partial charge in [-0.1, -0.05) is 6.92 Å². The predicted molar refractivity (Wildman–Crippen MR) is 63.8 cm³/mol. The first kappa shape index (κ1) is 12.9. The summed E-state index contributed by atoms with van der Waals surface area (Å²) in [5.74, 6) is 0.109. The maximum atomic E-state index is 11.8. The topological polar surface area (TPSA) is 62.2 Å². The zero-order valence-corrected chi connectivity index (χ0v) is 10.1. The molecule has 4 nitrogen and oxygen atoms in total. The van der Waals surface area contributed by atoms with E-state index in [0.29, 0.717) is 30.9 Å². The molecule has 4 heteroatoms. The van der Waals surface area contributed by atoms with Crippen molar-refractivity contribution in [3.63, 3.8) is 0 Å². The molecule has 0 amide bonds. The highest BCUT2D eigenvalue weighted by Crippen LogP contribution is 2.20. The molecule has 0 radical (unpaired) electrons. The minimum atomic E-state index is 0.109. The molecular weight excluding hydrogens is 204 g/mol. The van der Waals surface area contributed by atoms with E-state index < -0.39 is 0 Å². The summed E-state index contributed by atoms with van der Waals surface area (Å²) in [4.78, 5) is 11.8. The zero-order valence-electron chi connectivity index (χ0n) is 10.1. The summed E-state index contributed by atoms with van der Waals surface area (Å²) in [6.45, 7) is 3.29. The second-order valence-corrected chi connectivity index (χ2v) is 3.88. The number of carbonyl (C=O) groups excluding carboxylic acids is 1. The molecule has 90 valence electrons. The normalized spacial score (nSPS) is 19.9. The maximum absolute atomic E-state index is 11.8. The van der Waals surface area contributed by atoms with Gasteiger partial charge < -0.3 is 15.5 Å². The Kier molecular flexibility index (Phi) is 5.19. The molecule has 0 bridgehead atoms. The number of ketones is 1. The van der Waals surface area contributed by atoms with Crippen molar-refractivity contribution < 1.29 is 9.53 Å². The van der Waals surface area contributed by atoms with Crippen molar-refractivity contribution in [3.05, 3.63) is 11.3 Å². The fraction of sp³-hybridized carbons (Fsp3) is 0.667. The van der Waals surface area contributed by atoms with Gasteiger partial charge in [0.2, 0.25) is 0 Å². The molecule has 0 aromatic heterocycles. The molecule has 1 aliphatic carbocycles. The van der Waals surface area contributed by atoms with Crippen LogP contribution in [0.3, 0.4) is 0 Å². The van der Waals surface area contributed by atoms with Gasteiger partial charge in [0.15, 0.2) is 5.78 Å². The van der Waals surface area contributed by atoms with Crippen molar-refractivity contribution in [1.29, 1.82) is 5.41 Å². The first-order chi connectivity index (χ1) is 7.70. The quantitative estimate of drug-likeness (QED) is 0.551. The molecule has 0 spiro atoms. The number of methoxy groups -OCH3 is 1. The molecule has 1 rings (SSSR count). The van der Waals surface area contributed by atoms with Crippen molar-refractivity contribution in [1.82, 2.24) is 5.32 Å². The lowest BCUT2D eigenvalue weighted by Crippen LogP contribution is -2.27. The third-order valence-corrected chi connectivity index (χ3v) is 2.71. The van der Waals surface area contributed by atoms with Crippen LogP contribution in [0.15, 0.2) is 11.3 Å². The van der Waals surface area contributed by atoms with Crippen molar-refractivity contribution in [2.45, 2.75) is 32.6 Å². The standard InChI is InChI=1S/C12H20N2O2/c1-3-10(14-7-8-16-2)12-9(13)5-4-6-11(12)15/h13-14H,3-8H2,1-2H3/b12-10+,13-9?. The molecule has 0 aliphatic heterocycles.